The second-order valence-electron chi connectivity index (χ2n) is 7.41. The van der Waals surface area contributed by atoms with E-state index in [0.717, 1.165) is 28.4 Å². The lowest BCUT2D eigenvalue weighted by Crippen LogP contribution is -2.30. The smallest absolute Gasteiger partial charge is 0.231 e. The van der Waals surface area contributed by atoms with E-state index in [4.69, 9.17) is 0 Å². The van der Waals surface area contributed by atoms with Gasteiger partial charge in [-0.3, -0.25) is 4.79 Å². The molecule has 0 spiro atoms. The van der Waals surface area contributed by atoms with Crippen molar-refractivity contribution in [3.63, 3.8) is 0 Å². The number of benzene rings is 1. The zero-order valence-electron chi connectivity index (χ0n) is 16.5. The van der Waals surface area contributed by atoms with Crippen LogP contribution in [-0.4, -0.2) is 31.9 Å². The van der Waals surface area contributed by atoms with Crippen molar-refractivity contribution in [2.24, 2.45) is 0 Å². The molecule has 0 saturated heterocycles. The van der Waals surface area contributed by atoms with Gasteiger partial charge in [-0.15, -0.1) is 16.4 Å². The molecule has 0 bridgehead atoms. The summed E-state index contributed by atoms with van der Waals surface area (Å²) in [5.41, 5.74) is 2.29. The van der Waals surface area contributed by atoms with Gasteiger partial charge < -0.3 is 5.32 Å². The van der Waals surface area contributed by atoms with Crippen molar-refractivity contribution in [2.45, 2.75) is 56.3 Å². The van der Waals surface area contributed by atoms with Crippen LogP contribution in [0.2, 0.25) is 0 Å². The molecule has 1 aromatic carbocycles. The van der Waals surface area contributed by atoms with Crippen molar-refractivity contribution in [3.05, 3.63) is 57.8 Å². The standard InChI is InChI=1S/C21H25N5OS2/c1-15-9-11-16(12-10-15)20(18-8-5-13-28-18)22-19(27)14-29-21-23-24-25-26(21)17-6-3-2-4-7-17/h5,8-13,17,20H,2-4,6-7,14H2,1H3,(H,22,27). The maximum atomic E-state index is 12.8. The average molecular weight is 428 g/mol. The molecule has 8 heteroatoms. The molecule has 2 heterocycles. The van der Waals surface area contributed by atoms with Crippen molar-refractivity contribution in [1.29, 1.82) is 0 Å². The highest BCUT2D eigenvalue weighted by Gasteiger charge is 2.22. The number of tetrazole rings is 1. The van der Waals surface area contributed by atoms with Crippen LogP contribution in [0, 0.1) is 6.92 Å². The van der Waals surface area contributed by atoms with Crippen molar-refractivity contribution in [2.75, 3.05) is 5.75 Å². The normalized spacial score (nSPS) is 15.9. The highest BCUT2D eigenvalue weighted by Crippen LogP contribution is 2.30. The maximum Gasteiger partial charge on any atom is 0.231 e. The van der Waals surface area contributed by atoms with Crippen LogP contribution in [0.25, 0.3) is 0 Å². The van der Waals surface area contributed by atoms with Crippen molar-refractivity contribution >= 4 is 29.0 Å². The Balaban J connectivity index is 1.41. The van der Waals surface area contributed by atoms with Crippen LogP contribution < -0.4 is 5.32 Å². The minimum atomic E-state index is -0.141. The first-order valence-corrected chi connectivity index (χ1v) is 11.9. The van der Waals surface area contributed by atoms with Crippen LogP contribution >= 0.6 is 23.1 Å². The first kappa shape index (κ1) is 20.1. The van der Waals surface area contributed by atoms with Gasteiger partial charge in [0.1, 0.15) is 0 Å². The van der Waals surface area contributed by atoms with Crippen LogP contribution in [0.15, 0.2) is 46.9 Å². The van der Waals surface area contributed by atoms with Gasteiger partial charge in [-0.25, -0.2) is 4.68 Å². The lowest BCUT2D eigenvalue weighted by atomic mass is 9.96. The van der Waals surface area contributed by atoms with E-state index < -0.39 is 0 Å². The minimum absolute atomic E-state index is 0.0211. The molecule has 1 amide bonds. The quantitative estimate of drug-likeness (QED) is 0.560. The van der Waals surface area contributed by atoms with E-state index in [-0.39, 0.29) is 11.9 Å². The molecule has 1 aliphatic rings. The molecule has 1 aliphatic carbocycles. The Labute approximate surface area is 179 Å². The second-order valence-corrected chi connectivity index (χ2v) is 9.33. The van der Waals surface area contributed by atoms with Gasteiger partial charge >= 0.3 is 0 Å². The molecule has 1 fully saturated rings. The van der Waals surface area contributed by atoms with E-state index in [1.54, 1.807) is 11.3 Å². The van der Waals surface area contributed by atoms with Gasteiger partial charge in [-0.05, 0) is 47.2 Å². The van der Waals surface area contributed by atoms with Crippen molar-refractivity contribution in [1.82, 2.24) is 25.5 Å². The Morgan fingerprint density at radius 3 is 2.76 bits per heavy atom. The number of carbonyl (C=O) groups excluding carboxylic acids is 1. The fraction of sp³-hybridized carbons (Fsp3) is 0.429. The van der Waals surface area contributed by atoms with E-state index in [1.807, 2.05) is 16.1 Å². The SMILES string of the molecule is Cc1ccc(C(NC(=O)CSc2nnnn2C2CCCCC2)c2cccs2)cc1. The Hall–Kier alpha value is -2.19. The number of carbonyl (C=O) groups is 1. The minimum Gasteiger partial charge on any atom is -0.344 e. The number of aryl methyl sites for hydroxylation is 1. The summed E-state index contributed by atoms with van der Waals surface area (Å²) in [6.07, 6.45) is 5.94. The van der Waals surface area contributed by atoms with Crippen LogP contribution in [0.1, 0.15) is 60.2 Å². The molecular weight excluding hydrogens is 402 g/mol. The summed E-state index contributed by atoms with van der Waals surface area (Å²) in [6, 6.07) is 12.6. The highest BCUT2D eigenvalue weighted by molar-refractivity contribution is 7.99. The molecule has 0 radical (unpaired) electrons. The number of nitrogens with one attached hydrogen (secondary N) is 1. The number of hydrogen-bond acceptors (Lipinski definition) is 6. The number of nitrogens with zero attached hydrogens (tertiary/aromatic N) is 4. The van der Waals surface area contributed by atoms with Crippen LogP contribution in [0.5, 0.6) is 0 Å². The molecule has 1 unspecified atom stereocenters. The fourth-order valence-electron chi connectivity index (χ4n) is 3.70. The maximum absolute atomic E-state index is 12.8. The van der Waals surface area contributed by atoms with Gasteiger partial charge in [-0.2, -0.15) is 0 Å². The molecule has 29 heavy (non-hydrogen) atoms. The summed E-state index contributed by atoms with van der Waals surface area (Å²) in [5.74, 6) is 0.271. The zero-order valence-corrected chi connectivity index (χ0v) is 18.1. The molecule has 2 aromatic heterocycles. The predicted octanol–water partition coefficient (Wildman–Crippen LogP) is 4.55. The topological polar surface area (TPSA) is 72.7 Å². The summed E-state index contributed by atoms with van der Waals surface area (Å²) in [4.78, 5) is 13.9. The van der Waals surface area contributed by atoms with Gasteiger partial charge in [0.2, 0.25) is 11.1 Å². The van der Waals surface area contributed by atoms with Crippen LogP contribution in [-0.2, 0) is 4.79 Å². The average Bonchev–Trinajstić information content (AvgIpc) is 3.44. The molecule has 0 aliphatic heterocycles. The number of aromatic nitrogens is 4. The molecule has 6 nitrogen and oxygen atoms in total. The molecule has 1 saturated carbocycles. The van der Waals surface area contributed by atoms with E-state index in [1.165, 1.54) is 36.6 Å². The highest BCUT2D eigenvalue weighted by atomic mass is 32.2. The number of amides is 1. The van der Waals surface area contributed by atoms with E-state index >= 15 is 0 Å². The van der Waals surface area contributed by atoms with E-state index in [0.29, 0.717) is 11.8 Å². The van der Waals surface area contributed by atoms with Crippen molar-refractivity contribution in [3.8, 4) is 0 Å². The molecule has 1 N–H and O–H groups in total. The van der Waals surface area contributed by atoms with Crippen molar-refractivity contribution < 1.29 is 4.79 Å². The molecule has 4 rings (SSSR count). The van der Waals surface area contributed by atoms with Crippen LogP contribution in [0.3, 0.4) is 0 Å². The number of rotatable bonds is 7. The molecule has 1 atom stereocenters. The largest absolute Gasteiger partial charge is 0.344 e. The number of thiophene rings is 1. The zero-order chi connectivity index (χ0) is 20.1. The first-order chi connectivity index (χ1) is 14.2. The Morgan fingerprint density at radius 1 is 1.24 bits per heavy atom. The second kappa shape index (κ2) is 9.54. The molecule has 152 valence electrons. The number of thioether (sulfide) groups is 1. The Morgan fingerprint density at radius 2 is 2.03 bits per heavy atom. The third kappa shape index (κ3) is 5.05. The van der Waals surface area contributed by atoms with Gasteiger partial charge in [0.05, 0.1) is 17.8 Å². The lowest BCUT2D eigenvalue weighted by molar-refractivity contribution is -0.119. The third-order valence-corrected chi connectivity index (χ3v) is 7.13. The van der Waals surface area contributed by atoms with Gasteiger partial charge in [-0.1, -0.05) is 66.9 Å². The summed E-state index contributed by atoms with van der Waals surface area (Å²) in [5, 5.41) is 18.1. The summed E-state index contributed by atoms with van der Waals surface area (Å²) < 4.78 is 1.91. The fourth-order valence-corrected chi connectivity index (χ4v) is 5.26. The van der Waals surface area contributed by atoms with Gasteiger partial charge in [0, 0.05) is 4.88 Å². The molecule has 3 aromatic rings. The summed E-state index contributed by atoms with van der Waals surface area (Å²) in [7, 11) is 0. The van der Waals surface area contributed by atoms with Gasteiger partial charge in [0.25, 0.3) is 0 Å². The van der Waals surface area contributed by atoms with E-state index in [9.17, 15) is 4.79 Å². The number of hydrogen-bond donors (Lipinski definition) is 1. The van der Waals surface area contributed by atoms with Gasteiger partial charge in [0.15, 0.2) is 0 Å². The summed E-state index contributed by atoms with van der Waals surface area (Å²) >= 11 is 3.06. The first-order valence-electron chi connectivity index (χ1n) is 10.0. The molecular formula is C21H25N5OS2. The van der Waals surface area contributed by atoms with Crippen LogP contribution in [0.4, 0.5) is 0 Å². The monoisotopic (exact) mass is 427 g/mol. The van der Waals surface area contributed by atoms with E-state index in [2.05, 4.69) is 58.1 Å². The summed E-state index contributed by atoms with van der Waals surface area (Å²) in [6.45, 7) is 2.07. The predicted molar refractivity (Wildman–Crippen MR) is 116 cm³/mol. The Kier molecular flexibility index (Phi) is 6.61. The Bertz CT molecular complexity index is 917. The third-order valence-electron chi connectivity index (χ3n) is 5.26. The lowest BCUT2D eigenvalue weighted by Gasteiger charge is -2.22.